The molecule has 2 atom stereocenters. The molecule has 3 heteroatoms. The third-order valence-corrected chi connectivity index (χ3v) is 6.03. The van der Waals surface area contributed by atoms with Crippen molar-refractivity contribution >= 4 is 11.3 Å². The van der Waals surface area contributed by atoms with Gasteiger partial charge in [0, 0.05) is 35.4 Å². The highest BCUT2D eigenvalue weighted by Gasteiger charge is 2.32. The van der Waals surface area contributed by atoms with Crippen LogP contribution in [0.1, 0.15) is 48.3 Å². The first-order chi connectivity index (χ1) is 9.83. The van der Waals surface area contributed by atoms with Crippen LogP contribution in [-0.4, -0.2) is 30.6 Å². The van der Waals surface area contributed by atoms with Crippen molar-refractivity contribution in [3.05, 3.63) is 21.9 Å². The molecule has 0 spiro atoms. The summed E-state index contributed by atoms with van der Waals surface area (Å²) in [5.41, 5.74) is 0. The first-order valence-corrected chi connectivity index (χ1v) is 9.14. The second kappa shape index (κ2) is 7.06. The number of fused-ring (bicyclic) bond motifs is 1. The van der Waals surface area contributed by atoms with Crippen LogP contribution in [0.5, 0.6) is 0 Å². The van der Waals surface area contributed by atoms with Gasteiger partial charge in [0.1, 0.15) is 0 Å². The molecule has 0 radical (unpaired) electrons. The molecule has 0 aromatic carbocycles. The molecule has 2 unspecified atom stereocenters. The van der Waals surface area contributed by atoms with Gasteiger partial charge in [0.2, 0.25) is 0 Å². The summed E-state index contributed by atoms with van der Waals surface area (Å²) in [5, 5.41) is 3.63. The van der Waals surface area contributed by atoms with Crippen molar-refractivity contribution < 1.29 is 0 Å². The number of likely N-dealkylation sites (tertiary alicyclic amines) is 1. The van der Waals surface area contributed by atoms with E-state index in [2.05, 4.69) is 29.3 Å². The Hall–Kier alpha value is -0.380. The Balaban J connectivity index is 1.41. The molecule has 1 N–H and O–H groups in total. The van der Waals surface area contributed by atoms with Crippen molar-refractivity contribution in [2.24, 2.45) is 5.92 Å². The van der Waals surface area contributed by atoms with Crippen LogP contribution >= 0.6 is 11.3 Å². The average Bonchev–Trinajstić information content (AvgIpc) is 2.89. The Bertz CT molecular complexity index is 413. The lowest BCUT2D eigenvalue weighted by molar-refractivity contribution is 0.0618. The highest BCUT2D eigenvalue weighted by Crippen LogP contribution is 2.34. The fourth-order valence-electron chi connectivity index (χ4n) is 4.02. The van der Waals surface area contributed by atoms with Crippen LogP contribution in [0.3, 0.4) is 0 Å². The smallest absolute Gasteiger partial charge is 0.0300 e. The molecule has 2 fully saturated rings. The van der Waals surface area contributed by atoms with Gasteiger partial charge in [-0.1, -0.05) is 12.8 Å². The van der Waals surface area contributed by atoms with Crippen LogP contribution in [0, 0.1) is 12.8 Å². The minimum absolute atomic E-state index is 0.906. The largest absolute Gasteiger partial charge is 0.311 e. The number of thiophene rings is 1. The van der Waals surface area contributed by atoms with Gasteiger partial charge in [0.25, 0.3) is 0 Å². The molecule has 1 aromatic heterocycles. The first-order valence-electron chi connectivity index (χ1n) is 8.33. The highest BCUT2D eigenvalue weighted by atomic mass is 32.1. The molecule has 1 saturated heterocycles. The Morgan fingerprint density at radius 2 is 2.05 bits per heavy atom. The van der Waals surface area contributed by atoms with Gasteiger partial charge in [0.15, 0.2) is 0 Å². The monoisotopic (exact) mass is 292 g/mol. The molecule has 1 saturated carbocycles. The van der Waals surface area contributed by atoms with E-state index >= 15 is 0 Å². The highest BCUT2D eigenvalue weighted by molar-refractivity contribution is 7.11. The minimum atomic E-state index is 0.906. The molecule has 112 valence electrons. The van der Waals surface area contributed by atoms with Gasteiger partial charge >= 0.3 is 0 Å². The third kappa shape index (κ3) is 3.63. The van der Waals surface area contributed by atoms with Gasteiger partial charge in [-0.05, 0) is 57.2 Å². The summed E-state index contributed by atoms with van der Waals surface area (Å²) in [6.45, 7) is 6.94. The predicted molar refractivity (Wildman–Crippen MR) is 87.3 cm³/mol. The van der Waals surface area contributed by atoms with Crippen LogP contribution in [-0.2, 0) is 6.54 Å². The maximum atomic E-state index is 3.63. The Morgan fingerprint density at radius 1 is 1.20 bits per heavy atom. The second-order valence-electron chi connectivity index (χ2n) is 6.48. The molecule has 0 bridgehead atoms. The Kier molecular flexibility index (Phi) is 5.14. The number of piperidine rings is 1. The van der Waals surface area contributed by atoms with E-state index in [-0.39, 0.29) is 0 Å². The van der Waals surface area contributed by atoms with Gasteiger partial charge in [0.05, 0.1) is 0 Å². The van der Waals surface area contributed by atoms with Crippen molar-refractivity contribution in [2.75, 3.05) is 19.6 Å². The summed E-state index contributed by atoms with van der Waals surface area (Å²) in [5.74, 6) is 1.01. The number of aryl methyl sites for hydroxylation is 1. The van der Waals surface area contributed by atoms with Gasteiger partial charge in [-0.15, -0.1) is 11.3 Å². The molecule has 20 heavy (non-hydrogen) atoms. The van der Waals surface area contributed by atoms with Crippen molar-refractivity contribution in [1.82, 2.24) is 10.2 Å². The van der Waals surface area contributed by atoms with E-state index in [0.717, 1.165) is 25.0 Å². The molecule has 3 rings (SSSR count). The zero-order valence-corrected chi connectivity index (χ0v) is 13.6. The summed E-state index contributed by atoms with van der Waals surface area (Å²) in [6, 6.07) is 5.38. The van der Waals surface area contributed by atoms with Crippen LogP contribution in [0.25, 0.3) is 0 Å². The average molecular weight is 292 g/mol. The predicted octanol–water partition coefficient (Wildman–Crippen LogP) is 3.80. The number of hydrogen-bond donors (Lipinski definition) is 1. The lowest BCUT2D eigenvalue weighted by Gasteiger charge is -2.44. The maximum absolute atomic E-state index is 3.63. The van der Waals surface area contributed by atoms with Gasteiger partial charge < -0.3 is 5.32 Å². The summed E-state index contributed by atoms with van der Waals surface area (Å²) in [6.07, 6.45) is 8.79. The topological polar surface area (TPSA) is 15.3 Å². The first kappa shape index (κ1) is 14.6. The van der Waals surface area contributed by atoms with E-state index in [4.69, 9.17) is 0 Å². The van der Waals surface area contributed by atoms with Crippen LogP contribution in [0.4, 0.5) is 0 Å². The van der Waals surface area contributed by atoms with Gasteiger partial charge in [-0.25, -0.2) is 0 Å². The summed E-state index contributed by atoms with van der Waals surface area (Å²) in [4.78, 5) is 5.67. The molecule has 1 aliphatic heterocycles. The summed E-state index contributed by atoms with van der Waals surface area (Å²) >= 11 is 1.92. The van der Waals surface area contributed by atoms with Crippen LogP contribution < -0.4 is 5.32 Å². The quantitative estimate of drug-likeness (QED) is 0.830. The van der Waals surface area contributed by atoms with E-state index in [1.807, 2.05) is 11.3 Å². The lowest BCUT2D eigenvalue weighted by atomic mass is 9.78. The van der Waals surface area contributed by atoms with Crippen molar-refractivity contribution in [3.8, 4) is 0 Å². The molecule has 2 heterocycles. The second-order valence-corrected chi connectivity index (χ2v) is 7.85. The SMILES string of the molecule is Cc1ccc(CNCCN2CCCC3CCCCC32)s1. The van der Waals surface area contributed by atoms with Crippen LogP contribution in [0.15, 0.2) is 12.1 Å². The van der Waals surface area contributed by atoms with E-state index in [0.29, 0.717) is 0 Å². The Labute approximate surface area is 127 Å². The zero-order chi connectivity index (χ0) is 13.8. The van der Waals surface area contributed by atoms with Crippen LogP contribution in [0.2, 0.25) is 0 Å². The standard InChI is InChI=1S/C17H28N2S/c1-14-8-9-16(20-14)13-18-10-12-19-11-4-6-15-5-2-3-7-17(15)19/h8-9,15,17-18H,2-7,10-13H2,1H3. The van der Waals surface area contributed by atoms with E-state index in [1.165, 1.54) is 61.4 Å². The molecular weight excluding hydrogens is 264 g/mol. The van der Waals surface area contributed by atoms with E-state index < -0.39 is 0 Å². The lowest BCUT2D eigenvalue weighted by Crippen LogP contribution is -2.48. The fraction of sp³-hybridized carbons (Fsp3) is 0.765. The number of nitrogens with one attached hydrogen (secondary N) is 1. The normalized spacial score (nSPS) is 27.4. The van der Waals surface area contributed by atoms with Crippen molar-refractivity contribution in [2.45, 2.75) is 58.0 Å². The number of hydrogen-bond acceptors (Lipinski definition) is 3. The van der Waals surface area contributed by atoms with Crippen molar-refractivity contribution in [1.29, 1.82) is 0 Å². The van der Waals surface area contributed by atoms with Gasteiger partial charge in [-0.3, -0.25) is 4.90 Å². The number of rotatable bonds is 5. The third-order valence-electron chi connectivity index (χ3n) is 5.03. The zero-order valence-electron chi connectivity index (χ0n) is 12.7. The van der Waals surface area contributed by atoms with E-state index in [1.54, 1.807) is 0 Å². The molecule has 2 aliphatic rings. The van der Waals surface area contributed by atoms with Crippen molar-refractivity contribution in [3.63, 3.8) is 0 Å². The maximum Gasteiger partial charge on any atom is 0.0300 e. The molecule has 1 aliphatic carbocycles. The van der Waals surface area contributed by atoms with E-state index in [9.17, 15) is 0 Å². The molecule has 1 aromatic rings. The minimum Gasteiger partial charge on any atom is -0.311 e. The van der Waals surface area contributed by atoms with Gasteiger partial charge in [-0.2, -0.15) is 0 Å². The summed E-state index contributed by atoms with van der Waals surface area (Å²) in [7, 11) is 0. The molecule has 2 nitrogen and oxygen atoms in total. The molecular formula is C17H28N2S. The fourth-order valence-corrected chi connectivity index (χ4v) is 4.88. The summed E-state index contributed by atoms with van der Waals surface area (Å²) < 4.78 is 0. The molecule has 0 amide bonds. The Morgan fingerprint density at radius 3 is 2.90 bits per heavy atom. The number of nitrogens with zero attached hydrogens (tertiary/aromatic N) is 1.